The van der Waals surface area contributed by atoms with E-state index in [0.29, 0.717) is 16.6 Å². The summed E-state index contributed by atoms with van der Waals surface area (Å²) in [5.74, 6) is 0.799. The number of ether oxygens (including phenoxy) is 1. The van der Waals surface area contributed by atoms with Crippen LogP contribution in [0.15, 0.2) is 10.7 Å². The Kier molecular flexibility index (Phi) is 2.35. The number of nitrogen functional groups attached to an aromatic ring is 1. The molecule has 0 amide bonds. The van der Waals surface area contributed by atoms with Gasteiger partial charge in [0.15, 0.2) is 0 Å². The Bertz CT molecular complexity index is 294. The molecule has 0 unspecified atom stereocenters. The highest BCUT2D eigenvalue weighted by molar-refractivity contribution is 9.10. The number of halogens is 1. The number of nitrogens with zero attached hydrogens (tertiary/aromatic N) is 2. The SMILES string of the molecule is Nc1nc(Br)cc(OC2CCC2)n1. The summed E-state index contributed by atoms with van der Waals surface area (Å²) in [6.07, 6.45) is 3.79. The van der Waals surface area contributed by atoms with Gasteiger partial charge in [-0.05, 0) is 35.2 Å². The van der Waals surface area contributed by atoms with E-state index in [1.54, 1.807) is 6.07 Å². The predicted octanol–water partition coefficient (Wildman–Crippen LogP) is 1.75. The van der Waals surface area contributed by atoms with Crippen LogP contribution in [0.25, 0.3) is 0 Å². The van der Waals surface area contributed by atoms with Gasteiger partial charge in [-0.2, -0.15) is 4.98 Å². The maximum absolute atomic E-state index is 5.55. The number of hydrogen-bond acceptors (Lipinski definition) is 4. The third-order valence-corrected chi connectivity index (χ3v) is 2.43. The first kappa shape index (κ1) is 8.74. The molecule has 1 aliphatic rings. The van der Waals surface area contributed by atoms with Crippen LogP contribution in [-0.4, -0.2) is 16.1 Å². The predicted molar refractivity (Wildman–Crippen MR) is 52.4 cm³/mol. The molecule has 1 aromatic heterocycles. The van der Waals surface area contributed by atoms with Gasteiger partial charge < -0.3 is 10.5 Å². The zero-order chi connectivity index (χ0) is 9.26. The van der Waals surface area contributed by atoms with Crippen molar-refractivity contribution in [2.75, 3.05) is 5.73 Å². The van der Waals surface area contributed by atoms with Gasteiger partial charge in [-0.3, -0.25) is 0 Å². The maximum atomic E-state index is 5.55. The number of anilines is 1. The van der Waals surface area contributed by atoms with Crippen LogP contribution in [0.2, 0.25) is 0 Å². The Balaban J connectivity index is 2.10. The average Bonchev–Trinajstić information content (AvgIpc) is 1.95. The quantitative estimate of drug-likeness (QED) is 0.805. The van der Waals surface area contributed by atoms with Crippen molar-refractivity contribution in [3.8, 4) is 5.88 Å². The minimum atomic E-state index is 0.240. The monoisotopic (exact) mass is 243 g/mol. The largest absolute Gasteiger partial charge is 0.474 e. The molecular formula is C8H10BrN3O. The van der Waals surface area contributed by atoms with Crippen molar-refractivity contribution in [1.29, 1.82) is 0 Å². The molecule has 0 radical (unpaired) electrons. The zero-order valence-corrected chi connectivity index (χ0v) is 8.62. The van der Waals surface area contributed by atoms with Crippen LogP contribution in [-0.2, 0) is 0 Å². The summed E-state index contributed by atoms with van der Waals surface area (Å²) in [4.78, 5) is 7.86. The van der Waals surface area contributed by atoms with Gasteiger partial charge in [0.2, 0.25) is 11.8 Å². The second-order valence-electron chi connectivity index (χ2n) is 3.06. The summed E-state index contributed by atoms with van der Waals surface area (Å²) in [5, 5.41) is 0. The molecule has 0 saturated heterocycles. The third-order valence-electron chi connectivity index (χ3n) is 2.03. The summed E-state index contributed by atoms with van der Waals surface area (Å²) in [7, 11) is 0. The molecular weight excluding hydrogens is 234 g/mol. The van der Waals surface area contributed by atoms with Gasteiger partial charge in [-0.15, -0.1) is 0 Å². The molecule has 2 rings (SSSR count). The summed E-state index contributed by atoms with van der Waals surface area (Å²) in [5.41, 5.74) is 5.46. The fraction of sp³-hybridized carbons (Fsp3) is 0.500. The molecule has 0 atom stereocenters. The first-order chi connectivity index (χ1) is 6.24. The molecule has 1 fully saturated rings. The van der Waals surface area contributed by atoms with Crippen molar-refractivity contribution < 1.29 is 4.74 Å². The molecule has 0 spiro atoms. The van der Waals surface area contributed by atoms with E-state index in [9.17, 15) is 0 Å². The van der Waals surface area contributed by atoms with E-state index in [1.165, 1.54) is 6.42 Å². The van der Waals surface area contributed by atoms with Gasteiger partial charge >= 0.3 is 0 Å². The molecule has 1 aromatic rings. The highest BCUT2D eigenvalue weighted by Gasteiger charge is 2.19. The van der Waals surface area contributed by atoms with Crippen LogP contribution in [0.5, 0.6) is 5.88 Å². The van der Waals surface area contributed by atoms with E-state index in [2.05, 4.69) is 25.9 Å². The Labute approximate surface area is 84.6 Å². The van der Waals surface area contributed by atoms with Crippen LogP contribution in [0, 0.1) is 0 Å². The van der Waals surface area contributed by atoms with Gasteiger partial charge in [0, 0.05) is 6.07 Å². The summed E-state index contributed by atoms with van der Waals surface area (Å²) < 4.78 is 6.21. The van der Waals surface area contributed by atoms with E-state index in [1.807, 2.05) is 0 Å². The first-order valence-electron chi connectivity index (χ1n) is 4.21. The molecule has 0 aliphatic heterocycles. The zero-order valence-electron chi connectivity index (χ0n) is 7.03. The molecule has 13 heavy (non-hydrogen) atoms. The fourth-order valence-corrected chi connectivity index (χ4v) is 1.51. The second-order valence-corrected chi connectivity index (χ2v) is 3.87. The van der Waals surface area contributed by atoms with E-state index in [-0.39, 0.29) is 5.95 Å². The number of aromatic nitrogens is 2. The lowest BCUT2D eigenvalue weighted by Gasteiger charge is -2.25. The highest BCUT2D eigenvalue weighted by Crippen LogP contribution is 2.25. The molecule has 1 saturated carbocycles. The molecule has 1 aliphatic carbocycles. The van der Waals surface area contributed by atoms with Crippen LogP contribution in [0.1, 0.15) is 19.3 Å². The van der Waals surface area contributed by atoms with E-state index in [0.717, 1.165) is 12.8 Å². The Hall–Kier alpha value is -0.840. The third kappa shape index (κ3) is 2.09. The van der Waals surface area contributed by atoms with Crippen LogP contribution < -0.4 is 10.5 Å². The molecule has 5 heteroatoms. The molecule has 2 N–H and O–H groups in total. The Morgan fingerprint density at radius 2 is 2.23 bits per heavy atom. The number of hydrogen-bond donors (Lipinski definition) is 1. The van der Waals surface area contributed by atoms with Crippen molar-refractivity contribution in [3.63, 3.8) is 0 Å². The molecule has 1 heterocycles. The van der Waals surface area contributed by atoms with Gasteiger partial charge in [0.25, 0.3) is 0 Å². The van der Waals surface area contributed by atoms with Gasteiger partial charge in [-0.25, -0.2) is 4.98 Å². The van der Waals surface area contributed by atoms with Gasteiger partial charge in [0.05, 0.1) is 0 Å². The molecule has 0 aromatic carbocycles. The van der Waals surface area contributed by atoms with Crippen LogP contribution in [0.4, 0.5) is 5.95 Å². The van der Waals surface area contributed by atoms with Crippen molar-refractivity contribution >= 4 is 21.9 Å². The van der Waals surface area contributed by atoms with Gasteiger partial charge in [0.1, 0.15) is 10.7 Å². The standard InChI is InChI=1S/C8H10BrN3O/c9-6-4-7(12-8(10)11-6)13-5-2-1-3-5/h4-5H,1-3H2,(H2,10,11,12). The number of rotatable bonds is 2. The van der Waals surface area contributed by atoms with E-state index in [4.69, 9.17) is 10.5 Å². The minimum absolute atomic E-state index is 0.240. The lowest BCUT2D eigenvalue weighted by molar-refractivity contribution is 0.114. The van der Waals surface area contributed by atoms with Crippen molar-refractivity contribution in [2.45, 2.75) is 25.4 Å². The normalized spacial score (nSPS) is 16.7. The summed E-state index contributed by atoms with van der Waals surface area (Å²) in [6.45, 7) is 0. The van der Waals surface area contributed by atoms with Gasteiger partial charge in [-0.1, -0.05) is 0 Å². The smallest absolute Gasteiger partial charge is 0.224 e. The molecule has 4 nitrogen and oxygen atoms in total. The lowest BCUT2D eigenvalue weighted by atomic mass is 9.96. The van der Waals surface area contributed by atoms with Crippen molar-refractivity contribution in [3.05, 3.63) is 10.7 Å². The Morgan fingerprint density at radius 3 is 2.77 bits per heavy atom. The Morgan fingerprint density at radius 1 is 1.46 bits per heavy atom. The van der Waals surface area contributed by atoms with E-state index < -0.39 is 0 Å². The molecule has 0 bridgehead atoms. The van der Waals surface area contributed by atoms with E-state index >= 15 is 0 Å². The summed E-state index contributed by atoms with van der Waals surface area (Å²) in [6, 6.07) is 1.73. The topological polar surface area (TPSA) is 61.0 Å². The van der Waals surface area contributed by atoms with Crippen LogP contribution >= 0.6 is 15.9 Å². The highest BCUT2D eigenvalue weighted by atomic mass is 79.9. The number of nitrogens with two attached hydrogens (primary N) is 1. The van der Waals surface area contributed by atoms with Crippen molar-refractivity contribution in [1.82, 2.24) is 9.97 Å². The maximum Gasteiger partial charge on any atom is 0.224 e. The lowest BCUT2D eigenvalue weighted by Crippen LogP contribution is -2.25. The second kappa shape index (κ2) is 3.49. The molecule has 70 valence electrons. The van der Waals surface area contributed by atoms with Crippen LogP contribution in [0.3, 0.4) is 0 Å². The van der Waals surface area contributed by atoms with Crippen molar-refractivity contribution in [2.24, 2.45) is 0 Å². The average molecular weight is 244 g/mol. The fourth-order valence-electron chi connectivity index (χ4n) is 1.13. The minimum Gasteiger partial charge on any atom is -0.474 e. The first-order valence-corrected chi connectivity index (χ1v) is 5.00. The summed E-state index contributed by atoms with van der Waals surface area (Å²) >= 11 is 3.23.